The molecule has 0 spiro atoms. The van der Waals surface area contributed by atoms with Crippen molar-refractivity contribution in [3.8, 4) is 0 Å². The lowest BCUT2D eigenvalue weighted by molar-refractivity contribution is 0.229. The number of aliphatic hydroxyl groups is 1. The van der Waals surface area contributed by atoms with Crippen molar-refractivity contribution in [3.63, 3.8) is 0 Å². The first kappa shape index (κ1) is 11.7. The van der Waals surface area contributed by atoms with E-state index < -0.39 is 0 Å². The third kappa shape index (κ3) is 4.60. The minimum Gasteiger partial charge on any atom is -0.396 e. The molecular formula is C10H18N4O. The van der Waals surface area contributed by atoms with Crippen LogP contribution in [-0.2, 0) is 0 Å². The quantitative estimate of drug-likeness (QED) is 0.607. The fourth-order valence-electron chi connectivity index (χ4n) is 1.22. The van der Waals surface area contributed by atoms with E-state index in [1.54, 1.807) is 6.20 Å². The van der Waals surface area contributed by atoms with Crippen LogP contribution in [0.3, 0.4) is 0 Å². The van der Waals surface area contributed by atoms with E-state index in [1.807, 2.05) is 6.92 Å². The second-order valence-electron chi connectivity index (χ2n) is 3.69. The molecule has 0 saturated heterocycles. The number of hydrogen-bond donors (Lipinski definition) is 3. The van der Waals surface area contributed by atoms with Gasteiger partial charge in [-0.3, -0.25) is 4.98 Å². The Morgan fingerprint density at radius 1 is 1.53 bits per heavy atom. The maximum Gasteiger partial charge on any atom is 0.146 e. The molecule has 1 rings (SSSR count). The molecule has 0 aliphatic heterocycles. The summed E-state index contributed by atoms with van der Waals surface area (Å²) in [5.74, 6) is 1.48. The van der Waals surface area contributed by atoms with Crippen LogP contribution in [0.2, 0.25) is 0 Å². The molecule has 1 unspecified atom stereocenters. The Bertz CT molecular complexity index is 293. The minimum absolute atomic E-state index is 0.248. The summed E-state index contributed by atoms with van der Waals surface area (Å²) in [7, 11) is 0. The molecule has 0 bridgehead atoms. The highest BCUT2D eigenvalue weighted by Crippen LogP contribution is 2.06. The second-order valence-corrected chi connectivity index (χ2v) is 3.69. The molecule has 0 aliphatic carbocycles. The van der Waals surface area contributed by atoms with E-state index in [1.165, 1.54) is 6.20 Å². The van der Waals surface area contributed by atoms with Crippen molar-refractivity contribution >= 4 is 11.6 Å². The van der Waals surface area contributed by atoms with Crippen LogP contribution >= 0.6 is 0 Å². The van der Waals surface area contributed by atoms with Gasteiger partial charge in [0.25, 0.3) is 0 Å². The Morgan fingerprint density at radius 3 is 3.00 bits per heavy atom. The number of hydrogen-bond acceptors (Lipinski definition) is 5. The van der Waals surface area contributed by atoms with Gasteiger partial charge in [-0.2, -0.15) is 0 Å². The van der Waals surface area contributed by atoms with E-state index >= 15 is 0 Å². The lowest BCUT2D eigenvalue weighted by Gasteiger charge is -2.08. The monoisotopic (exact) mass is 210 g/mol. The van der Waals surface area contributed by atoms with Crippen LogP contribution < -0.4 is 11.1 Å². The average molecular weight is 210 g/mol. The van der Waals surface area contributed by atoms with Crippen molar-refractivity contribution < 1.29 is 5.11 Å². The summed E-state index contributed by atoms with van der Waals surface area (Å²) < 4.78 is 0. The molecule has 0 radical (unpaired) electrons. The van der Waals surface area contributed by atoms with Crippen LogP contribution in [0, 0.1) is 5.92 Å². The van der Waals surface area contributed by atoms with Gasteiger partial charge < -0.3 is 16.2 Å². The summed E-state index contributed by atoms with van der Waals surface area (Å²) in [5, 5.41) is 12.0. The molecule has 5 nitrogen and oxygen atoms in total. The van der Waals surface area contributed by atoms with Crippen LogP contribution in [-0.4, -0.2) is 28.2 Å². The van der Waals surface area contributed by atoms with Gasteiger partial charge in [-0.1, -0.05) is 6.92 Å². The Hall–Kier alpha value is -1.36. The molecule has 0 aromatic carbocycles. The molecule has 0 aliphatic rings. The molecule has 15 heavy (non-hydrogen) atoms. The maximum atomic E-state index is 8.83. The largest absolute Gasteiger partial charge is 0.396 e. The molecule has 1 heterocycles. The molecule has 0 saturated carbocycles. The van der Waals surface area contributed by atoms with Crippen LogP contribution in [0.15, 0.2) is 12.4 Å². The molecule has 4 N–H and O–H groups in total. The standard InChI is InChI=1S/C10H18N4O/c1-8(7-15)3-2-4-13-10-6-12-5-9(11)14-10/h5-6,8,15H,2-4,7H2,1H3,(H3,11,13,14). The smallest absolute Gasteiger partial charge is 0.146 e. The Labute approximate surface area is 89.7 Å². The zero-order chi connectivity index (χ0) is 11.1. The summed E-state index contributed by atoms with van der Waals surface area (Å²) in [4.78, 5) is 7.99. The topological polar surface area (TPSA) is 84.1 Å². The number of nitrogens with zero attached hydrogens (tertiary/aromatic N) is 2. The summed E-state index contributed by atoms with van der Waals surface area (Å²) in [6.45, 7) is 3.10. The highest BCUT2D eigenvalue weighted by atomic mass is 16.3. The van der Waals surface area contributed by atoms with E-state index in [0.29, 0.717) is 17.6 Å². The van der Waals surface area contributed by atoms with Crippen LogP contribution in [0.25, 0.3) is 0 Å². The average Bonchev–Trinajstić information content (AvgIpc) is 2.24. The number of nitrogens with one attached hydrogen (secondary N) is 1. The van der Waals surface area contributed by atoms with E-state index in [4.69, 9.17) is 10.8 Å². The van der Waals surface area contributed by atoms with Crippen LogP contribution in [0.5, 0.6) is 0 Å². The van der Waals surface area contributed by atoms with Crippen molar-refractivity contribution in [1.82, 2.24) is 9.97 Å². The number of aromatic nitrogens is 2. The van der Waals surface area contributed by atoms with Crippen LogP contribution in [0.1, 0.15) is 19.8 Å². The number of nitrogen functional groups attached to an aromatic ring is 1. The van der Waals surface area contributed by atoms with Crippen molar-refractivity contribution in [2.75, 3.05) is 24.2 Å². The van der Waals surface area contributed by atoms with Gasteiger partial charge in [0.1, 0.15) is 11.6 Å². The Kier molecular flexibility index (Phi) is 4.83. The Morgan fingerprint density at radius 2 is 2.33 bits per heavy atom. The van der Waals surface area contributed by atoms with Crippen molar-refractivity contribution in [3.05, 3.63) is 12.4 Å². The van der Waals surface area contributed by atoms with Gasteiger partial charge in [0, 0.05) is 13.2 Å². The SMILES string of the molecule is CC(CO)CCCNc1cncc(N)n1. The molecule has 1 atom stereocenters. The summed E-state index contributed by atoms with van der Waals surface area (Å²) >= 11 is 0. The third-order valence-corrected chi connectivity index (χ3v) is 2.14. The van der Waals surface area contributed by atoms with E-state index in [0.717, 1.165) is 19.4 Å². The zero-order valence-corrected chi connectivity index (χ0v) is 8.98. The van der Waals surface area contributed by atoms with Gasteiger partial charge in [-0.05, 0) is 18.8 Å². The van der Waals surface area contributed by atoms with Gasteiger partial charge in [0.15, 0.2) is 0 Å². The van der Waals surface area contributed by atoms with Gasteiger partial charge in [-0.15, -0.1) is 0 Å². The molecule has 1 aromatic rings. The van der Waals surface area contributed by atoms with Gasteiger partial charge in [0.2, 0.25) is 0 Å². The predicted octanol–water partition coefficient (Wildman–Crippen LogP) is 0.879. The highest BCUT2D eigenvalue weighted by Gasteiger charge is 1.99. The number of nitrogens with two attached hydrogens (primary N) is 1. The summed E-state index contributed by atoms with van der Waals surface area (Å²) in [6.07, 6.45) is 5.16. The molecule has 0 fully saturated rings. The first-order valence-electron chi connectivity index (χ1n) is 5.14. The fourth-order valence-corrected chi connectivity index (χ4v) is 1.22. The van der Waals surface area contributed by atoms with Crippen molar-refractivity contribution in [2.45, 2.75) is 19.8 Å². The molecule has 5 heteroatoms. The van der Waals surface area contributed by atoms with Crippen molar-refractivity contribution in [1.29, 1.82) is 0 Å². The van der Waals surface area contributed by atoms with Crippen molar-refractivity contribution in [2.24, 2.45) is 5.92 Å². The first-order valence-corrected chi connectivity index (χ1v) is 5.14. The third-order valence-electron chi connectivity index (χ3n) is 2.14. The van der Waals surface area contributed by atoms with Gasteiger partial charge in [0.05, 0.1) is 12.4 Å². The lowest BCUT2D eigenvalue weighted by atomic mass is 10.1. The number of rotatable bonds is 6. The highest BCUT2D eigenvalue weighted by molar-refractivity contribution is 5.37. The molecule has 0 amide bonds. The number of aliphatic hydroxyl groups excluding tert-OH is 1. The second kappa shape index (κ2) is 6.19. The summed E-state index contributed by atoms with van der Waals surface area (Å²) in [6, 6.07) is 0. The Balaban J connectivity index is 2.20. The van der Waals surface area contributed by atoms with E-state index in [-0.39, 0.29) is 6.61 Å². The van der Waals surface area contributed by atoms with E-state index in [2.05, 4.69) is 15.3 Å². The van der Waals surface area contributed by atoms with Crippen LogP contribution in [0.4, 0.5) is 11.6 Å². The molecule has 1 aromatic heterocycles. The fraction of sp³-hybridized carbons (Fsp3) is 0.600. The predicted molar refractivity (Wildman–Crippen MR) is 60.4 cm³/mol. The van der Waals surface area contributed by atoms with Gasteiger partial charge >= 0.3 is 0 Å². The minimum atomic E-state index is 0.248. The molecular weight excluding hydrogens is 192 g/mol. The maximum absolute atomic E-state index is 8.83. The zero-order valence-electron chi connectivity index (χ0n) is 8.98. The van der Waals surface area contributed by atoms with Gasteiger partial charge in [-0.25, -0.2) is 4.98 Å². The molecule has 84 valence electrons. The summed E-state index contributed by atoms with van der Waals surface area (Å²) in [5.41, 5.74) is 5.49. The normalized spacial score (nSPS) is 12.4. The lowest BCUT2D eigenvalue weighted by Crippen LogP contribution is -2.08. The van der Waals surface area contributed by atoms with E-state index in [9.17, 15) is 0 Å². The number of anilines is 2. The first-order chi connectivity index (χ1) is 7.22.